The molecule has 104 valence electrons. The average Bonchev–Trinajstić information content (AvgIpc) is 2.46. The monoisotopic (exact) mass is 261 g/mol. The van der Waals surface area contributed by atoms with Crippen LogP contribution < -0.4 is 9.80 Å². The van der Waals surface area contributed by atoms with Crippen molar-refractivity contribution in [2.45, 2.75) is 13.3 Å². The van der Waals surface area contributed by atoms with Crippen LogP contribution in [0.1, 0.15) is 13.3 Å². The smallest absolute Gasteiger partial charge is 0.222 e. The first kappa shape index (κ1) is 13.7. The second-order valence-electron chi connectivity index (χ2n) is 5.14. The summed E-state index contributed by atoms with van der Waals surface area (Å²) in [5, 5.41) is 0. The standard InChI is InChI=1S/C15H23N3O/c1-4-15(19)18-10-8-17(9-11-18)14-7-5-6-13(12-14)16(2)3/h5-7,12H,4,8-11H2,1-3H3. The molecule has 1 aliphatic heterocycles. The summed E-state index contributed by atoms with van der Waals surface area (Å²) in [4.78, 5) is 18.1. The van der Waals surface area contributed by atoms with Crippen LogP contribution in [-0.4, -0.2) is 51.1 Å². The quantitative estimate of drug-likeness (QED) is 0.830. The molecule has 1 fully saturated rings. The Hall–Kier alpha value is -1.71. The van der Waals surface area contributed by atoms with Gasteiger partial charge in [-0.1, -0.05) is 13.0 Å². The van der Waals surface area contributed by atoms with Crippen molar-refractivity contribution in [3.05, 3.63) is 24.3 Å². The van der Waals surface area contributed by atoms with Gasteiger partial charge in [-0.05, 0) is 18.2 Å². The lowest BCUT2D eigenvalue weighted by atomic mass is 10.2. The Morgan fingerprint density at radius 3 is 2.47 bits per heavy atom. The molecule has 1 saturated heterocycles. The summed E-state index contributed by atoms with van der Waals surface area (Å²) in [6.45, 7) is 5.43. The number of hydrogen-bond donors (Lipinski definition) is 0. The molecule has 19 heavy (non-hydrogen) atoms. The molecule has 0 N–H and O–H groups in total. The summed E-state index contributed by atoms with van der Waals surface area (Å²) < 4.78 is 0. The van der Waals surface area contributed by atoms with Crippen molar-refractivity contribution in [1.29, 1.82) is 0 Å². The van der Waals surface area contributed by atoms with Crippen molar-refractivity contribution < 1.29 is 4.79 Å². The predicted octanol–water partition coefficient (Wildman–Crippen LogP) is 1.81. The molecule has 0 aromatic heterocycles. The van der Waals surface area contributed by atoms with E-state index in [2.05, 4.69) is 48.2 Å². The number of piperazine rings is 1. The van der Waals surface area contributed by atoms with E-state index in [9.17, 15) is 4.79 Å². The summed E-state index contributed by atoms with van der Waals surface area (Å²) in [7, 11) is 4.11. The van der Waals surface area contributed by atoms with E-state index in [0.29, 0.717) is 6.42 Å². The third-order valence-electron chi connectivity index (χ3n) is 3.65. The van der Waals surface area contributed by atoms with E-state index >= 15 is 0 Å². The van der Waals surface area contributed by atoms with E-state index < -0.39 is 0 Å². The van der Waals surface area contributed by atoms with E-state index in [-0.39, 0.29) is 5.91 Å². The van der Waals surface area contributed by atoms with Crippen LogP contribution in [0.15, 0.2) is 24.3 Å². The number of hydrogen-bond acceptors (Lipinski definition) is 3. The molecule has 1 heterocycles. The van der Waals surface area contributed by atoms with Crippen LogP contribution in [0.25, 0.3) is 0 Å². The highest BCUT2D eigenvalue weighted by Crippen LogP contribution is 2.22. The summed E-state index contributed by atoms with van der Waals surface area (Å²) in [6, 6.07) is 8.55. The number of carbonyl (C=O) groups excluding carboxylic acids is 1. The minimum Gasteiger partial charge on any atom is -0.378 e. The van der Waals surface area contributed by atoms with E-state index in [4.69, 9.17) is 0 Å². The van der Waals surface area contributed by atoms with Crippen molar-refractivity contribution in [3.8, 4) is 0 Å². The number of amides is 1. The van der Waals surface area contributed by atoms with Gasteiger partial charge in [0.15, 0.2) is 0 Å². The van der Waals surface area contributed by atoms with Crippen molar-refractivity contribution in [2.75, 3.05) is 50.1 Å². The molecule has 0 radical (unpaired) electrons. The van der Waals surface area contributed by atoms with Gasteiger partial charge in [0.25, 0.3) is 0 Å². The third-order valence-corrected chi connectivity index (χ3v) is 3.65. The summed E-state index contributed by atoms with van der Waals surface area (Å²) in [5.74, 6) is 0.265. The largest absolute Gasteiger partial charge is 0.378 e. The lowest BCUT2D eigenvalue weighted by Gasteiger charge is -2.36. The van der Waals surface area contributed by atoms with Crippen molar-refractivity contribution in [1.82, 2.24) is 4.90 Å². The van der Waals surface area contributed by atoms with Crippen LogP contribution in [0.3, 0.4) is 0 Å². The van der Waals surface area contributed by atoms with Gasteiger partial charge < -0.3 is 14.7 Å². The molecule has 0 aliphatic carbocycles. The molecule has 0 unspecified atom stereocenters. The van der Waals surface area contributed by atoms with Crippen LogP contribution >= 0.6 is 0 Å². The molecule has 0 bridgehead atoms. The molecule has 1 aromatic carbocycles. The highest BCUT2D eigenvalue weighted by atomic mass is 16.2. The van der Waals surface area contributed by atoms with Gasteiger partial charge in [-0.15, -0.1) is 0 Å². The molecule has 2 rings (SSSR count). The number of benzene rings is 1. The molecule has 0 spiro atoms. The van der Waals surface area contributed by atoms with Gasteiger partial charge in [0.2, 0.25) is 5.91 Å². The lowest BCUT2D eigenvalue weighted by Crippen LogP contribution is -2.48. The first-order chi connectivity index (χ1) is 9.11. The minimum absolute atomic E-state index is 0.265. The molecule has 1 amide bonds. The second kappa shape index (κ2) is 5.95. The van der Waals surface area contributed by atoms with Gasteiger partial charge in [-0.25, -0.2) is 0 Å². The highest BCUT2D eigenvalue weighted by Gasteiger charge is 2.20. The number of anilines is 2. The third kappa shape index (κ3) is 3.19. The average molecular weight is 261 g/mol. The molecular weight excluding hydrogens is 238 g/mol. The Morgan fingerprint density at radius 2 is 1.89 bits per heavy atom. The second-order valence-corrected chi connectivity index (χ2v) is 5.14. The van der Waals surface area contributed by atoms with Gasteiger partial charge >= 0.3 is 0 Å². The summed E-state index contributed by atoms with van der Waals surface area (Å²) >= 11 is 0. The molecule has 4 heteroatoms. The SMILES string of the molecule is CCC(=O)N1CCN(c2cccc(N(C)C)c2)CC1. The van der Waals surface area contributed by atoms with Crippen LogP contribution in [0.4, 0.5) is 11.4 Å². The van der Waals surface area contributed by atoms with Gasteiger partial charge in [0.1, 0.15) is 0 Å². The zero-order valence-electron chi connectivity index (χ0n) is 12.1. The Labute approximate surface area is 115 Å². The maximum atomic E-state index is 11.7. The maximum absolute atomic E-state index is 11.7. The molecule has 1 aliphatic rings. The minimum atomic E-state index is 0.265. The fraction of sp³-hybridized carbons (Fsp3) is 0.533. The van der Waals surface area contributed by atoms with Crippen LogP contribution in [0.2, 0.25) is 0 Å². The maximum Gasteiger partial charge on any atom is 0.222 e. The van der Waals surface area contributed by atoms with Gasteiger partial charge in [0, 0.05) is 58.1 Å². The van der Waals surface area contributed by atoms with Crippen molar-refractivity contribution >= 4 is 17.3 Å². The van der Waals surface area contributed by atoms with Crippen molar-refractivity contribution in [3.63, 3.8) is 0 Å². The van der Waals surface area contributed by atoms with Gasteiger partial charge in [-0.2, -0.15) is 0 Å². The number of rotatable bonds is 3. The van der Waals surface area contributed by atoms with Gasteiger partial charge in [-0.3, -0.25) is 4.79 Å². The van der Waals surface area contributed by atoms with E-state index in [1.54, 1.807) is 0 Å². The topological polar surface area (TPSA) is 26.8 Å². The van der Waals surface area contributed by atoms with E-state index in [1.807, 2.05) is 11.8 Å². The number of carbonyl (C=O) groups is 1. The Morgan fingerprint density at radius 1 is 1.21 bits per heavy atom. The zero-order valence-corrected chi connectivity index (χ0v) is 12.1. The first-order valence-corrected chi connectivity index (χ1v) is 6.92. The number of nitrogens with zero attached hydrogens (tertiary/aromatic N) is 3. The Bertz CT molecular complexity index is 437. The normalized spacial score (nSPS) is 15.5. The summed E-state index contributed by atoms with van der Waals surface area (Å²) in [5.41, 5.74) is 2.46. The van der Waals surface area contributed by atoms with Crippen molar-refractivity contribution in [2.24, 2.45) is 0 Å². The first-order valence-electron chi connectivity index (χ1n) is 6.92. The molecule has 0 saturated carbocycles. The Kier molecular flexibility index (Phi) is 4.30. The summed E-state index contributed by atoms with van der Waals surface area (Å²) in [6.07, 6.45) is 0.607. The van der Waals surface area contributed by atoms with Crippen LogP contribution in [0, 0.1) is 0 Å². The fourth-order valence-electron chi connectivity index (χ4n) is 2.41. The van der Waals surface area contributed by atoms with Crippen LogP contribution in [-0.2, 0) is 4.79 Å². The van der Waals surface area contributed by atoms with Crippen LogP contribution in [0.5, 0.6) is 0 Å². The predicted molar refractivity (Wildman–Crippen MR) is 79.9 cm³/mol. The lowest BCUT2D eigenvalue weighted by molar-refractivity contribution is -0.131. The molecule has 0 atom stereocenters. The fourth-order valence-corrected chi connectivity index (χ4v) is 2.41. The highest BCUT2D eigenvalue weighted by molar-refractivity contribution is 5.76. The zero-order chi connectivity index (χ0) is 13.8. The van der Waals surface area contributed by atoms with Gasteiger partial charge in [0.05, 0.1) is 0 Å². The van der Waals surface area contributed by atoms with E-state index in [1.165, 1.54) is 11.4 Å². The Balaban J connectivity index is 2.01. The molecule has 4 nitrogen and oxygen atoms in total. The van der Waals surface area contributed by atoms with E-state index in [0.717, 1.165) is 26.2 Å². The molecule has 1 aromatic rings. The molecular formula is C15H23N3O.